The molecule has 1 fully saturated rings. The fourth-order valence-electron chi connectivity index (χ4n) is 3.74. The van der Waals surface area contributed by atoms with Gasteiger partial charge >= 0.3 is 0 Å². The Balaban J connectivity index is 2.29. The lowest BCUT2D eigenvalue weighted by Gasteiger charge is -2.26. The second-order valence-electron chi connectivity index (χ2n) is 8.41. The number of anilines is 1. The van der Waals surface area contributed by atoms with Crippen LogP contribution in [0, 0.1) is 20.2 Å². The van der Waals surface area contributed by atoms with Crippen molar-refractivity contribution >= 4 is 49.0 Å². The Hall–Kier alpha value is -2.40. The molecule has 1 heterocycles. The first-order chi connectivity index (χ1) is 18.1. The lowest BCUT2D eigenvalue weighted by molar-refractivity contribution is -0.393. The van der Waals surface area contributed by atoms with Crippen LogP contribution in [0.25, 0.3) is 0 Å². The van der Waals surface area contributed by atoms with Gasteiger partial charge in [0.25, 0.3) is 27.4 Å². The molecule has 1 aliphatic heterocycles. The molecule has 0 bridgehead atoms. The van der Waals surface area contributed by atoms with E-state index in [4.69, 9.17) is 13.7 Å². The number of unbranched alkanes of at least 4 members (excludes halogenated alkanes) is 1. The lowest BCUT2D eigenvalue weighted by atomic mass is 10.1. The van der Waals surface area contributed by atoms with Crippen molar-refractivity contribution in [3.8, 4) is 0 Å². The van der Waals surface area contributed by atoms with E-state index in [-0.39, 0.29) is 56.1 Å². The van der Waals surface area contributed by atoms with Gasteiger partial charge < -0.3 is 19.7 Å². The number of nitrogens with zero attached hydrogens (tertiary/aromatic N) is 3. The third kappa shape index (κ3) is 10.1. The van der Waals surface area contributed by atoms with Gasteiger partial charge in [-0.1, -0.05) is 29.3 Å². The molecule has 1 aliphatic rings. The minimum absolute atomic E-state index is 0.0336. The highest BCUT2D eigenvalue weighted by molar-refractivity contribution is 9.09. The van der Waals surface area contributed by atoms with Gasteiger partial charge in [0.2, 0.25) is 0 Å². The predicted molar refractivity (Wildman–Crippen MR) is 142 cm³/mol. The maximum Gasteiger partial charge on any atom is 0.300 e. The summed E-state index contributed by atoms with van der Waals surface area (Å²) in [5.41, 5.74) is -1.76. The summed E-state index contributed by atoms with van der Waals surface area (Å²) >= 11 is 3.26. The molecule has 1 aromatic carbocycles. The highest BCUT2D eigenvalue weighted by Crippen LogP contribution is 2.36. The molecule has 0 radical (unpaired) electrons. The van der Waals surface area contributed by atoms with Gasteiger partial charge in [-0.25, -0.2) is 0 Å². The second kappa shape index (κ2) is 15.9. The Morgan fingerprint density at radius 3 is 2.58 bits per heavy atom. The number of rotatable bonds is 17. The summed E-state index contributed by atoms with van der Waals surface area (Å²) in [4.78, 5) is 36.3. The van der Waals surface area contributed by atoms with Crippen LogP contribution in [-0.4, -0.2) is 81.0 Å². The Kier molecular flexibility index (Phi) is 13.3. The number of amides is 1. The molecule has 1 N–H and O–H groups in total. The number of hydrogen-bond acceptors (Lipinski definition) is 11. The van der Waals surface area contributed by atoms with Crippen LogP contribution in [0.1, 0.15) is 49.4 Å². The minimum atomic E-state index is -3.80. The summed E-state index contributed by atoms with van der Waals surface area (Å²) < 4.78 is 40.2. The quantitative estimate of drug-likeness (QED) is 0.0883. The number of alkyl halides is 1. The van der Waals surface area contributed by atoms with E-state index in [9.17, 15) is 33.4 Å². The van der Waals surface area contributed by atoms with Crippen LogP contribution in [0.15, 0.2) is 12.1 Å². The molecule has 2 rings (SSSR count). The molecule has 14 nitrogen and oxygen atoms in total. The molecule has 0 spiro atoms. The third-order valence-electron chi connectivity index (χ3n) is 5.60. The van der Waals surface area contributed by atoms with Crippen LogP contribution >= 0.6 is 15.9 Å². The normalized spacial score (nSPS) is 15.7. The standard InChI is InChI=1S/C22H33BrN4O10S/c1-2-3-14-38(33,34)37-13-10-25(9-7-23)21-18(15-17(26(29)30)16-19(21)27(31)32)22(28)24-8-12-36-20-6-4-5-11-35-20/h15-16,20H,2-14H2,1H3,(H,24,28). The minimum Gasteiger partial charge on any atom is -0.362 e. The highest BCUT2D eigenvalue weighted by Gasteiger charge is 2.31. The number of nitrogens with one attached hydrogen (secondary N) is 1. The average Bonchev–Trinajstić information content (AvgIpc) is 2.89. The van der Waals surface area contributed by atoms with Crippen LogP contribution in [-0.2, 0) is 23.8 Å². The Bertz CT molecular complexity index is 1070. The Morgan fingerprint density at radius 2 is 1.97 bits per heavy atom. The van der Waals surface area contributed by atoms with Gasteiger partial charge in [0.15, 0.2) is 6.29 Å². The number of nitro groups is 2. The smallest absolute Gasteiger partial charge is 0.300 e. The summed E-state index contributed by atoms with van der Waals surface area (Å²) in [6.07, 6.45) is 3.34. The number of hydrogen-bond donors (Lipinski definition) is 1. The van der Waals surface area contributed by atoms with Crippen molar-refractivity contribution in [1.29, 1.82) is 0 Å². The van der Waals surface area contributed by atoms with Crippen molar-refractivity contribution in [2.75, 3.05) is 55.4 Å². The van der Waals surface area contributed by atoms with E-state index < -0.39 is 37.2 Å². The van der Waals surface area contributed by atoms with Gasteiger partial charge in [-0.3, -0.25) is 29.2 Å². The van der Waals surface area contributed by atoms with Gasteiger partial charge in [0, 0.05) is 37.6 Å². The van der Waals surface area contributed by atoms with Crippen LogP contribution in [0.4, 0.5) is 17.1 Å². The summed E-state index contributed by atoms with van der Waals surface area (Å²) in [6.45, 7) is 2.23. The summed E-state index contributed by atoms with van der Waals surface area (Å²) in [5, 5.41) is 26.3. The molecular weight excluding hydrogens is 592 g/mol. The number of non-ortho nitro benzene ring substituents is 1. The molecule has 1 unspecified atom stereocenters. The zero-order valence-corrected chi connectivity index (χ0v) is 23.5. The van der Waals surface area contributed by atoms with E-state index >= 15 is 0 Å². The van der Waals surface area contributed by atoms with Crippen LogP contribution < -0.4 is 10.2 Å². The third-order valence-corrected chi connectivity index (χ3v) is 7.27. The van der Waals surface area contributed by atoms with Crippen molar-refractivity contribution in [3.05, 3.63) is 37.9 Å². The van der Waals surface area contributed by atoms with E-state index in [1.807, 2.05) is 6.92 Å². The van der Waals surface area contributed by atoms with Gasteiger partial charge in [0.05, 0.1) is 40.4 Å². The monoisotopic (exact) mass is 624 g/mol. The number of carbonyl (C=O) groups excluding carboxylic acids is 1. The van der Waals surface area contributed by atoms with Crippen LogP contribution in [0.5, 0.6) is 0 Å². The van der Waals surface area contributed by atoms with Crippen molar-refractivity contribution in [2.45, 2.75) is 45.3 Å². The molecule has 1 aromatic rings. The van der Waals surface area contributed by atoms with Crippen molar-refractivity contribution in [3.63, 3.8) is 0 Å². The number of benzene rings is 1. The van der Waals surface area contributed by atoms with Gasteiger partial charge in [-0.05, 0) is 25.7 Å². The Morgan fingerprint density at radius 1 is 1.21 bits per heavy atom. The van der Waals surface area contributed by atoms with Gasteiger partial charge in [-0.15, -0.1) is 0 Å². The molecule has 1 atom stereocenters. The van der Waals surface area contributed by atoms with Gasteiger partial charge in [0.1, 0.15) is 5.69 Å². The zero-order chi connectivity index (χ0) is 28.1. The van der Waals surface area contributed by atoms with E-state index in [0.717, 1.165) is 31.4 Å². The lowest BCUT2D eigenvalue weighted by Crippen LogP contribution is -2.35. The van der Waals surface area contributed by atoms with E-state index in [1.165, 1.54) is 4.90 Å². The molecule has 0 saturated carbocycles. The molecule has 0 aliphatic carbocycles. The molecule has 1 saturated heterocycles. The molecule has 214 valence electrons. The first-order valence-corrected chi connectivity index (χ1v) is 15.0. The van der Waals surface area contributed by atoms with Crippen LogP contribution in [0.2, 0.25) is 0 Å². The average molecular weight is 625 g/mol. The van der Waals surface area contributed by atoms with Crippen molar-refractivity contribution in [1.82, 2.24) is 5.32 Å². The SMILES string of the molecule is CCCCS(=O)(=O)OCCN(CCBr)c1c(C(=O)NCCOC2CCCCO2)cc([N+](=O)[O-])cc1[N+](=O)[O-]. The number of nitro benzene ring substituents is 2. The van der Waals surface area contributed by atoms with E-state index in [0.29, 0.717) is 24.8 Å². The first kappa shape index (κ1) is 31.8. The number of carbonyl (C=O) groups is 1. The first-order valence-electron chi connectivity index (χ1n) is 12.3. The fraction of sp³-hybridized carbons (Fsp3) is 0.682. The van der Waals surface area contributed by atoms with Crippen molar-refractivity contribution < 1.29 is 36.7 Å². The number of halogens is 1. The molecule has 1 amide bonds. The second-order valence-corrected chi connectivity index (χ2v) is 11.0. The Labute approximate surface area is 229 Å². The maximum atomic E-state index is 13.1. The molecule has 16 heteroatoms. The molecule has 38 heavy (non-hydrogen) atoms. The fourth-order valence-corrected chi connectivity index (χ4v) is 5.26. The maximum absolute atomic E-state index is 13.1. The molecular formula is C22H33BrN4O10S. The summed E-state index contributed by atoms with van der Waals surface area (Å²) in [5.74, 6) is -0.947. The van der Waals surface area contributed by atoms with Crippen molar-refractivity contribution in [2.24, 2.45) is 0 Å². The number of ether oxygens (including phenoxy) is 2. The zero-order valence-electron chi connectivity index (χ0n) is 21.1. The summed E-state index contributed by atoms with van der Waals surface area (Å²) in [6, 6.07) is 1.73. The highest BCUT2D eigenvalue weighted by atomic mass is 79.9. The van der Waals surface area contributed by atoms with E-state index in [2.05, 4.69) is 21.2 Å². The topological polar surface area (TPSA) is 180 Å². The van der Waals surface area contributed by atoms with E-state index in [1.54, 1.807) is 0 Å². The van der Waals surface area contributed by atoms with Crippen LogP contribution in [0.3, 0.4) is 0 Å². The molecule has 0 aromatic heterocycles. The summed E-state index contributed by atoms with van der Waals surface area (Å²) in [7, 11) is -3.80. The predicted octanol–water partition coefficient (Wildman–Crippen LogP) is 3.12. The van der Waals surface area contributed by atoms with Gasteiger partial charge in [-0.2, -0.15) is 8.42 Å². The largest absolute Gasteiger partial charge is 0.362 e.